The van der Waals surface area contributed by atoms with Crippen LogP contribution in [-0.4, -0.2) is 18.7 Å². The summed E-state index contributed by atoms with van der Waals surface area (Å²) in [6, 6.07) is 0. The number of carbonyl (C=O) groups excluding carboxylic acids is 1. The fraction of sp³-hybridized carbons (Fsp3) is 0.250. The number of nitrogens with one attached hydrogen (secondary N) is 1. The highest BCUT2D eigenvalue weighted by Gasteiger charge is 2.10. The summed E-state index contributed by atoms with van der Waals surface area (Å²) in [6.07, 6.45) is 1.62. The largest absolute Gasteiger partial charge is 0.384 e. The van der Waals surface area contributed by atoms with Crippen molar-refractivity contribution in [1.29, 1.82) is 0 Å². The van der Waals surface area contributed by atoms with Crippen LogP contribution in [0.5, 0.6) is 0 Å². The highest BCUT2D eigenvalue weighted by atomic mass is 16.1. The fourth-order valence-electron chi connectivity index (χ4n) is 0.802. The molecule has 4 heteroatoms. The van der Waals surface area contributed by atoms with Gasteiger partial charge in [0.2, 0.25) is 0 Å². The number of hydrogen-bond donors (Lipinski definition) is 2. The van der Waals surface area contributed by atoms with Crippen LogP contribution in [-0.2, 0) is 4.79 Å². The summed E-state index contributed by atoms with van der Waals surface area (Å²) in [4.78, 5) is 14.1. The molecule has 0 spiro atoms. The van der Waals surface area contributed by atoms with Crippen molar-refractivity contribution in [2.45, 2.75) is 13.1 Å². The predicted molar refractivity (Wildman–Crippen MR) is 46.1 cm³/mol. The minimum absolute atomic E-state index is 0.399. The summed E-state index contributed by atoms with van der Waals surface area (Å²) in [5.74, 6) is 5.85. The Kier molecular flexibility index (Phi) is 2.49. The van der Waals surface area contributed by atoms with Crippen LogP contribution in [0.15, 0.2) is 16.4 Å². The van der Waals surface area contributed by atoms with Crippen molar-refractivity contribution < 1.29 is 4.79 Å². The van der Waals surface area contributed by atoms with E-state index in [0.717, 1.165) is 0 Å². The smallest absolute Gasteiger partial charge is 0.176 e. The second kappa shape index (κ2) is 3.58. The summed E-state index contributed by atoms with van der Waals surface area (Å²) in [7, 11) is 0. The van der Waals surface area contributed by atoms with Gasteiger partial charge in [0.1, 0.15) is 5.82 Å². The monoisotopic (exact) mass is 163 g/mol. The van der Waals surface area contributed by atoms with E-state index >= 15 is 0 Å². The minimum atomic E-state index is -0.563. The fourth-order valence-corrected chi connectivity index (χ4v) is 0.802. The summed E-state index contributed by atoms with van der Waals surface area (Å²) < 4.78 is 0. The third-order valence-corrected chi connectivity index (χ3v) is 1.35. The number of rotatable bonds is 1. The van der Waals surface area contributed by atoms with Gasteiger partial charge in [-0.2, -0.15) is 0 Å². The van der Waals surface area contributed by atoms with E-state index in [2.05, 4.69) is 22.2 Å². The van der Waals surface area contributed by atoms with Crippen LogP contribution < -0.4 is 11.1 Å². The van der Waals surface area contributed by atoms with Crippen molar-refractivity contribution in [3.8, 4) is 11.8 Å². The van der Waals surface area contributed by atoms with E-state index in [-0.39, 0.29) is 0 Å². The lowest BCUT2D eigenvalue weighted by molar-refractivity contribution is -0.109. The number of hydrogen-bond acceptors (Lipinski definition) is 4. The van der Waals surface area contributed by atoms with Crippen LogP contribution >= 0.6 is 0 Å². The molecule has 3 N–H and O–H groups in total. The lowest BCUT2D eigenvalue weighted by Crippen LogP contribution is -2.35. The molecule has 0 saturated carbocycles. The van der Waals surface area contributed by atoms with Gasteiger partial charge >= 0.3 is 0 Å². The zero-order valence-corrected chi connectivity index (χ0v) is 6.66. The van der Waals surface area contributed by atoms with E-state index in [1.54, 1.807) is 6.92 Å². The third kappa shape index (κ3) is 1.64. The molecule has 62 valence electrons. The minimum Gasteiger partial charge on any atom is -0.384 e. The maximum Gasteiger partial charge on any atom is 0.176 e. The molecule has 12 heavy (non-hydrogen) atoms. The van der Waals surface area contributed by atoms with Gasteiger partial charge in [-0.15, -0.1) is 5.92 Å². The number of nitrogens with two attached hydrogens (primary N) is 1. The molecule has 0 fully saturated rings. The number of aliphatic imine (C=N–C) groups is 1. The second-order valence-electron chi connectivity index (χ2n) is 2.21. The van der Waals surface area contributed by atoms with Gasteiger partial charge in [0.15, 0.2) is 12.5 Å². The molecular formula is C8H9N3O. The van der Waals surface area contributed by atoms with Crippen molar-refractivity contribution in [1.82, 2.24) is 5.32 Å². The molecule has 1 rings (SSSR count). The van der Waals surface area contributed by atoms with Gasteiger partial charge in [-0.05, 0) is 6.92 Å². The molecule has 0 aromatic heterocycles. The summed E-state index contributed by atoms with van der Waals surface area (Å²) in [5, 5.41) is 2.69. The van der Waals surface area contributed by atoms with Crippen molar-refractivity contribution in [2.75, 3.05) is 0 Å². The zero-order valence-electron chi connectivity index (χ0n) is 6.66. The zero-order chi connectivity index (χ0) is 8.97. The Bertz CT molecular complexity index is 306. The molecule has 4 nitrogen and oxygen atoms in total. The van der Waals surface area contributed by atoms with Crippen LogP contribution in [0.25, 0.3) is 0 Å². The third-order valence-electron chi connectivity index (χ3n) is 1.35. The number of aldehydes is 1. The normalized spacial score (nSPS) is 20.9. The van der Waals surface area contributed by atoms with Gasteiger partial charge in [0.25, 0.3) is 0 Å². The maximum atomic E-state index is 10.3. The molecule has 0 bridgehead atoms. The average molecular weight is 163 g/mol. The Balaban J connectivity index is 2.84. The molecule has 0 aliphatic carbocycles. The Labute approximate surface area is 70.5 Å². The first-order chi connectivity index (χ1) is 5.77. The summed E-state index contributed by atoms with van der Waals surface area (Å²) in [5.41, 5.74) is 6.17. The number of carbonyl (C=O) groups is 1. The van der Waals surface area contributed by atoms with Gasteiger partial charge in [0, 0.05) is 6.21 Å². The average Bonchev–Trinajstić information content (AvgIpc) is 2.09. The Morgan fingerprint density at radius 2 is 2.58 bits per heavy atom. The molecule has 0 amide bonds. The molecule has 1 unspecified atom stereocenters. The molecule has 1 aliphatic heterocycles. The first-order valence-corrected chi connectivity index (χ1v) is 3.45. The van der Waals surface area contributed by atoms with E-state index in [9.17, 15) is 4.79 Å². The summed E-state index contributed by atoms with van der Waals surface area (Å²) in [6.45, 7) is 1.71. The van der Waals surface area contributed by atoms with Gasteiger partial charge in [-0.3, -0.25) is 9.79 Å². The Hall–Kier alpha value is -1.76. The van der Waals surface area contributed by atoms with E-state index < -0.39 is 6.17 Å². The molecular weight excluding hydrogens is 154 g/mol. The Morgan fingerprint density at radius 1 is 1.83 bits per heavy atom. The predicted octanol–water partition coefficient (Wildman–Crippen LogP) is -0.621. The lowest BCUT2D eigenvalue weighted by atomic mass is 10.2. The van der Waals surface area contributed by atoms with Gasteiger partial charge in [-0.25, -0.2) is 0 Å². The maximum absolute atomic E-state index is 10.3. The Morgan fingerprint density at radius 3 is 3.08 bits per heavy atom. The first-order valence-electron chi connectivity index (χ1n) is 3.45. The van der Waals surface area contributed by atoms with Crippen molar-refractivity contribution in [3.05, 3.63) is 11.4 Å². The standard InChI is InChI=1S/C8H9N3O/c1-2-3-6-4-10-7(5-12)11-8(6)9/h4-5,7,11H,9H2,1H3. The molecule has 0 aromatic rings. The highest BCUT2D eigenvalue weighted by Crippen LogP contribution is 1.99. The quantitative estimate of drug-likeness (QED) is 0.400. The van der Waals surface area contributed by atoms with Gasteiger partial charge in [0.05, 0.1) is 5.57 Å². The van der Waals surface area contributed by atoms with E-state index in [0.29, 0.717) is 17.7 Å². The topological polar surface area (TPSA) is 67.5 Å². The molecule has 0 aromatic carbocycles. The van der Waals surface area contributed by atoms with Gasteiger partial charge < -0.3 is 11.1 Å². The highest BCUT2D eigenvalue weighted by molar-refractivity contribution is 5.87. The van der Waals surface area contributed by atoms with Gasteiger partial charge in [-0.1, -0.05) is 5.92 Å². The molecule has 0 radical (unpaired) electrons. The van der Waals surface area contributed by atoms with Crippen LogP contribution in [0.4, 0.5) is 0 Å². The van der Waals surface area contributed by atoms with E-state index in [1.165, 1.54) is 6.21 Å². The van der Waals surface area contributed by atoms with Crippen LogP contribution in [0.1, 0.15) is 6.92 Å². The van der Waals surface area contributed by atoms with Crippen molar-refractivity contribution in [3.63, 3.8) is 0 Å². The SMILES string of the molecule is CC#CC1=C(N)NC(C=O)N=C1. The number of allylic oxidation sites excluding steroid dienone is 1. The van der Waals surface area contributed by atoms with Crippen molar-refractivity contribution in [2.24, 2.45) is 10.7 Å². The van der Waals surface area contributed by atoms with E-state index in [1.807, 2.05) is 0 Å². The van der Waals surface area contributed by atoms with Crippen LogP contribution in [0.2, 0.25) is 0 Å². The second-order valence-corrected chi connectivity index (χ2v) is 2.21. The van der Waals surface area contributed by atoms with Crippen LogP contribution in [0, 0.1) is 11.8 Å². The van der Waals surface area contributed by atoms with Crippen molar-refractivity contribution >= 4 is 12.5 Å². The molecule has 1 atom stereocenters. The molecule has 0 saturated heterocycles. The molecule has 1 aliphatic rings. The lowest BCUT2D eigenvalue weighted by Gasteiger charge is -2.14. The summed E-state index contributed by atoms with van der Waals surface area (Å²) >= 11 is 0. The first kappa shape index (κ1) is 8.34. The number of nitrogens with zero attached hydrogens (tertiary/aromatic N) is 1. The molecule has 1 heterocycles. The van der Waals surface area contributed by atoms with E-state index in [4.69, 9.17) is 5.73 Å². The van der Waals surface area contributed by atoms with Crippen LogP contribution in [0.3, 0.4) is 0 Å².